The highest BCUT2D eigenvalue weighted by Crippen LogP contribution is 2.37. The number of benzene rings is 1. The number of aromatic nitrogens is 1. The zero-order valence-corrected chi connectivity index (χ0v) is 17.6. The third-order valence-electron chi connectivity index (χ3n) is 4.72. The Hall–Kier alpha value is -2.47. The summed E-state index contributed by atoms with van der Waals surface area (Å²) in [4.78, 5) is 31.2. The van der Waals surface area contributed by atoms with Crippen LogP contribution in [0.25, 0.3) is 0 Å². The molecular formula is C19H20N4O5S2. The third kappa shape index (κ3) is 4.33. The normalized spacial score (nSPS) is 17.5. The molecular weight excluding hydrogens is 428 g/mol. The maximum Gasteiger partial charge on any atom is 0.245 e. The molecule has 0 aliphatic carbocycles. The average Bonchev–Trinajstić information content (AvgIpc) is 2.76. The monoisotopic (exact) mass is 448 g/mol. The predicted octanol–water partition coefficient (Wildman–Crippen LogP) is 1.18. The van der Waals surface area contributed by atoms with Crippen LogP contribution in [-0.4, -0.2) is 68.1 Å². The number of rotatable bonds is 5. The van der Waals surface area contributed by atoms with Gasteiger partial charge in [-0.05, 0) is 30.3 Å². The number of hydrogen-bond donors (Lipinski definition) is 1. The topological polar surface area (TPSA) is 109 Å². The molecule has 1 aromatic heterocycles. The van der Waals surface area contributed by atoms with E-state index >= 15 is 0 Å². The van der Waals surface area contributed by atoms with Gasteiger partial charge in [-0.2, -0.15) is 4.31 Å². The van der Waals surface area contributed by atoms with Gasteiger partial charge >= 0.3 is 0 Å². The summed E-state index contributed by atoms with van der Waals surface area (Å²) in [5.74, 6) is -0.115. The van der Waals surface area contributed by atoms with Gasteiger partial charge in [0.15, 0.2) is 0 Å². The Morgan fingerprint density at radius 2 is 2.00 bits per heavy atom. The van der Waals surface area contributed by atoms with Crippen molar-refractivity contribution in [2.45, 2.75) is 9.79 Å². The summed E-state index contributed by atoms with van der Waals surface area (Å²) in [5.41, 5.74) is 0.418. The minimum atomic E-state index is -3.72. The number of pyridine rings is 1. The Morgan fingerprint density at radius 3 is 2.73 bits per heavy atom. The van der Waals surface area contributed by atoms with Crippen LogP contribution in [0.2, 0.25) is 0 Å². The highest BCUT2D eigenvalue weighted by molar-refractivity contribution is 8.00. The lowest BCUT2D eigenvalue weighted by Crippen LogP contribution is -2.42. The molecule has 9 nitrogen and oxygen atoms in total. The van der Waals surface area contributed by atoms with Crippen molar-refractivity contribution in [2.75, 3.05) is 48.8 Å². The molecule has 0 radical (unpaired) electrons. The summed E-state index contributed by atoms with van der Waals surface area (Å²) in [5, 5.41) is 2.65. The van der Waals surface area contributed by atoms with E-state index in [1.54, 1.807) is 36.5 Å². The first-order valence-corrected chi connectivity index (χ1v) is 11.7. The fourth-order valence-electron chi connectivity index (χ4n) is 3.21. The Bertz CT molecular complexity index is 1060. The van der Waals surface area contributed by atoms with Crippen LogP contribution in [0, 0.1) is 0 Å². The van der Waals surface area contributed by atoms with Gasteiger partial charge in [-0.3, -0.25) is 9.59 Å². The molecule has 0 saturated carbocycles. The fraction of sp³-hybridized carbons (Fsp3) is 0.316. The van der Waals surface area contributed by atoms with Crippen molar-refractivity contribution >= 4 is 45.1 Å². The molecule has 2 amide bonds. The Balaban J connectivity index is 1.59. The lowest BCUT2D eigenvalue weighted by atomic mass is 10.2. The van der Waals surface area contributed by atoms with E-state index in [-0.39, 0.29) is 36.2 Å². The second-order valence-corrected chi connectivity index (χ2v) is 9.63. The first-order valence-electron chi connectivity index (χ1n) is 9.31. The highest BCUT2D eigenvalue weighted by Gasteiger charge is 2.31. The SMILES string of the molecule is O=C(CN1C(=O)CSc2ccc(S(=O)(=O)N3CCOCC3)cc21)Nc1ccccn1. The maximum absolute atomic E-state index is 13.0. The molecule has 1 aromatic carbocycles. The minimum absolute atomic E-state index is 0.0913. The quantitative estimate of drug-likeness (QED) is 0.732. The summed E-state index contributed by atoms with van der Waals surface area (Å²) in [6.07, 6.45) is 1.55. The summed E-state index contributed by atoms with van der Waals surface area (Å²) in [6.45, 7) is 1.02. The van der Waals surface area contributed by atoms with Crippen LogP contribution in [0.3, 0.4) is 0 Å². The highest BCUT2D eigenvalue weighted by atomic mass is 32.2. The molecule has 1 fully saturated rings. The molecule has 1 saturated heterocycles. The molecule has 0 bridgehead atoms. The molecule has 11 heteroatoms. The van der Waals surface area contributed by atoms with Crippen molar-refractivity contribution in [3.8, 4) is 0 Å². The predicted molar refractivity (Wildman–Crippen MR) is 112 cm³/mol. The van der Waals surface area contributed by atoms with Crippen molar-refractivity contribution in [1.82, 2.24) is 9.29 Å². The number of sulfonamides is 1. The lowest BCUT2D eigenvalue weighted by molar-refractivity contribution is -0.120. The van der Waals surface area contributed by atoms with Crippen LogP contribution in [0.15, 0.2) is 52.4 Å². The fourth-order valence-corrected chi connectivity index (χ4v) is 5.56. The van der Waals surface area contributed by atoms with Gasteiger partial charge in [0.25, 0.3) is 0 Å². The number of carbonyl (C=O) groups excluding carboxylic acids is 2. The summed E-state index contributed by atoms with van der Waals surface area (Å²) >= 11 is 1.32. The van der Waals surface area contributed by atoms with E-state index in [0.29, 0.717) is 24.7 Å². The Kier molecular flexibility index (Phi) is 6.04. The zero-order valence-electron chi connectivity index (χ0n) is 16.0. The number of fused-ring (bicyclic) bond motifs is 1. The van der Waals surface area contributed by atoms with Gasteiger partial charge in [0.2, 0.25) is 21.8 Å². The van der Waals surface area contributed by atoms with Gasteiger partial charge in [-0.15, -0.1) is 11.8 Å². The van der Waals surface area contributed by atoms with Gasteiger partial charge in [0.05, 0.1) is 29.5 Å². The molecule has 4 rings (SSSR count). The standard InChI is InChI=1S/C19H20N4O5S2/c24-18(21-17-3-1-2-6-20-17)12-23-15-11-14(4-5-16(15)29-13-19(23)25)30(26,27)22-7-9-28-10-8-22/h1-6,11H,7-10,12-13H2,(H,20,21,24). The summed E-state index contributed by atoms with van der Waals surface area (Å²) < 4.78 is 32.6. The zero-order chi connectivity index (χ0) is 21.1. The van der Waals surface area contributed by atoms with Gasteiger partial charge in [-0.1, -0.05) is 6.07 Å². The lowest BCUT2D eigenvalue weighted by Gasteiger charge is -2.30. The van der Waals surface area contributed by atoms with Crippen molar-refractivity contribution in [1.29, 1.82) is 0 Å². The van der Waals surface area contributed by atoms with E-state index in [9.17, 15) is 18.0 Å². The molecule has 0 spiro atoms. The van der Waals surface area contributed by atoms with Gasteiger partial charge in [-0.25, -0.2) is 13.4 Å². The first kappa shape index (κ1) is 20.8. The second kappa shape index (κ2) is 8.72. The van der Waals surface area contributed by atoms with Crippen molar-refractivity contribution in [2.24, 2.45) is 0 Å². The van der Waals surface area contributed by atoms with E-state index in [1.807, 2.05) is 0 Å². The molecule has 2 aliphatic heterocycles. The number of nitrogens with zero attached hydrogens (tertiary/aromatic N) is 3. The van der Waals surface area contributed by atoms with Crippen LogP contribution in [0.1, 0.15) is 0 Å². The maximum atomic E-state index is 13.0. The van der Waals surface area contributed by atoms with E-state index < -0.39 is 15.9 Å². The van der Waals surface area contributed by atoms with Gasteiger partial charge in [0, 0.05) is 24.2 Å². The van der Waals surface area contributed by atoms with Crippen LogP contribution >= 0.6 is 11.8 Å². The molecule has 3 heterocycles. The molecule has 30 heavy (non-hydrogen) atoms. The van der Waals surface area contributed by atoms with Crippen molar-refractivity contribution in [3.05, 3.63) is 42.6 Å². The first-order chi connectivity index (χ1) is 14.4. The number of thioether (sulfide) groups is 1. The number of anilines is 2. The smallest absolute Gasteiger partial charge is 0.245 e. The van der Waals surface area contributed by atoms with Crippen LogP contribution in [-0.2, 0) is 24.3 Å². The minimum Gasteiger partial charge on any atom is -0.379 e. The van der Waals surface area contributed by atoms with E-state index in [4.69, 9.17) is 4.74 Å². The number of carbonyl (C=O) groups is 2. The molecule has 0 atom stereocenters. The van der Waals surface area contributed by atoms with E-state index in [2.05, 4.69) is 10.3 Å². The number of nitrogens with one attached hydrogen (secondary N) is 1. The molecule has 1 N–H and O–H groups in total. The van der Waals surface area contributed by atoms with E-state index in [0.717, 1.165) is 4.90 Å². The van der Waals surface area contributed by atoms with Crippen LogP contribution < -0.4 is 10.2 Å². The van der Waals surface area contributed by atoms with Crippen molar-refractivity contribution < 1.29 is 22.7 Å². The van der Waals surface area contributed by atoms with Crippen molar-refractivity contribution in [3.63, 3.8) is 0 Å². The van der Waals surface area contributed by atoms with Gasteiger partial charge < -0.3 is 15.0 Å². The summed E-state index contributed by atoms with van der Waals surface area (Å²) in [7, 11) is -3.72. The third-order valence-corrected chi connectivity index (χ3v) is 7.66. The number of morpholine rings is 1. The van der Waals surface area contributed by atoms with E-state index in [1.165, 1.54) is 27.0 Å². The van der Waals surface area contributed by atoms with Crippen LogP contribution in [0.4, 0.5) is 11.5 Å². The molecule has 0 unspecified atom stereocenters. The largest absolute Gasteiger partial charge is 0.379 e. The summed E-state index contributed by atoms with van der Waals surface area (Å²) in [6, 6.07) is 9.81. The van der Waals surface area contributed by atoms with Crippen LogP contribution in [0.5, 0.6) is 0 Å². The molecule has 2 aliphatic rings. The number of amides is 2. The Labute approximate surface area is 178 Å². The number of ether oxygens (including phenoxy) is 1. The average molecular weight is 449 g/mol. The number of hydrogen-bond acceptors (Lipinski definition) is 7. The second-order valence-electron chi connectivity index (χ2n) is 6.68. The Morgan fingerprint density at radius 1 is 1.20 bits per heavy atom. The van der Waals surface area contributed by atoms with Gasteiger partial charge in [0.1, 0.15) is 12.4 Å². The molecule has 158 valence electrons. The molecule has 2 aromatic rings.